The number of hydrogen-bond acceptors (Lipinski definition) is 3. The lowest BCUT2D eigenvalue weighted by molar-refractivity contribution is 0.884. The van der Waals surface area contributed by atoms with Crippen molar-refractivity contribution in [2.45, 2.75) is 13.0 Å². The standard InChI is InChI=1S/C16H12ClN3/c1-11(13-4-2-12(9-18)3-5-13)20-16-7-6-15(17)8-14(16)10-19/h2-8,11,20H,1H3. The second-order valence-corrected chi connectivity index (χ2v) is 4.84. The van der Waals surface area contributed by atoms with Crippen molar-refractivity contribution in [2.75, 3.05) is 5.32 Å². The minimum atomic E-state index is 0.0241. The van der Waals surface area contributed by atoms with Gasteiger partial charge in [0.25, 0.3) is 0 Å². The summed E-state index contributed by atoms with van der Waals surface area (Å²) in [6.07, 6.45) is 0. The molecule has 4 heteroatoms. The number of rotatable bonds is 3. The number of nitrogens with zero attached hydrogens (tertiary/aromatic N) is 2. The van der Waals surface area contributed by atoms with E-state index in [1.165, 1.54) is 0 Å². The smallest absolute Gasteiger partial charge is 0.101 e. The Labute approximate surface area is 123 Å². The summed E-state index contributed by atoms with van der Waals surface area (Å²) in [5.74, 6) is 0. The Morgan fingerprint density at radius 1 is 1.05 bits per heavy atom. The van der Waals surface area contributed by atoms with E-state index in [2.05, 4.69) is 17.5 Å². The van der Waals surface area contributed by atoms with Crippen molar-refractivity contribution in [2.24, 2.45) is 0 Å². The molecule has 2 aromatic rings. The van der Waals surface area contributed by atoms with Gasteiger partial charge in [0, 0.05) is 11.1 Å². The van der Waals surface area contributed by atoms with Gasteiger partial charge in [0.05, 0.1) is 22.9 Å². The van der Waals surface area contributed by atoms with Gasteiger partial charge in [0.15, 0.2) is 0 Å². The molecule has 3 nitrogen and oxygen atoms in total. The zero-order valence-electron chi connectivity index (χ0n) is 10.9. The maximum absolute atomic E-state index is 9.11. The first kappa shape index (κ1) is 13.9. The summed E-state index contributed by atoms with van der Waals surface area (Å²) in [4.78, 5) is 0. The quantitative estimate of drug-likeness (QED) is 0.914. The van der Waals surface area contributed by atoms with Crippen molar-refractivity contribution in [3.63, 3.8) is 0 Å². The Bertz CT molecular complexity index is 693. The third-order valence-corrected chi connectivity index (χ3v) is 3.25. The highest BCUT2D eigenvalue weighted by Crippen LogP contribution is 2.24. The SMILES string of the molecule is CC(Nc1ccc(Cl)cc1C#N)c1ccc(C#N)cc1. The predicted octanol–water partition coefficient (Wildman–Crippen LogP) is 4.26. The van der Waals surface area contributed by atoms with Crippen molar-refractivity contribution in [1.82, 2.24) is 0 Å². The average Bonchev–Trinajstić information content (AvgIpc) is 2.49. The van der Waals surface area contributed by atoms with Gasteiger partial charge in [-0.05, 0) is 42.8 Å². The van der Waals surface area contributed by atoms with Gasteiger partial charge in [-0.25, -0.2) is 0 Å². The van der Waals surface area contributed by atoms with Crippen LogP contribution in [-0.4, -0.2) is 0 Å². The number of hydrogen-bond donors (Lipinski definition) is 1. The van der Waals surface area contributed by atoms with Gasteiger partial charge < -0.3 is 5.32 Å². The molecule has 0 aliphatic carbocycles. The van der Waals surface area contributed by atoms with E-state index in [1.807, 2.05) is 19.1 Å². The highest BCUT2D eigenvalue weighted by Gasteiger charge is 2.09. The molecule has 20 heavy (non-hydrogen) atoms. The van der Waals surface area contributed by atoms with E-state index in [0.29, 0.717) is 16.1 Å². The highest BCUT2D eigenvalue weighted by atomic mass is 35.5. The first-order valence-electron chi connectivity index (χ1n) is 6.10. The fourth-order valence-corrected chi connectivity index (χ4v) is 2.07. The lowest BCUT2D eigenvalue weighted by atomic mass is 10.1. The highest BCUT2D eigenvalue weighted by molar-refractivity contribution is 6.30. The Morgan fingerprint density at radius 3 is 2.35 bits per heavy atom. The van der Waals surface area contributed by atoms with Gasteiger partial charge in [0.2, 0.25) is 0 Å². The van der Waals surface area contributed by atoms with Gasteiger partial charge >= 0.3 is 0 Å². The molecule has 0 aromatic heterocycles. The van der Waals surface area contributed by atoms with E-state index in [9.17, 15) is 0 Å². The maximum Gasteiger partial charge on any atom is 0.101 e. The first-order valence-corrected chi connectivity index (χ1v) is 6.48. The van der Waals surface area contributed by atoms with Crippen LogP contribution in [0.25, 0.3) is 0 Å². The van der Waals surface area contributed by atoms with Crippen LogP contribution in [0.1, 0.15) is 29.7 Å². The van der Waals surface area contributed by atoms with Crippen LogP contribution in [0, 0.1) is 22.7 Å². The molecule has 0 spiro atoms. The fourth-order valence-electron chi connectivity index (χ4n) is 1.90. The monoisotopic (exact) mass is 281 g/mol. The molecule has 0 heterocycles. The second-order valence-electron chi connectivity index (χ2n) is 4.40. The number of anilines is 1. The molecule has 0 aliphatic heterocycles. The van der Waals surface area contributed by atoms with Crippen LogP contribution in [0.4, 0.5) is 5.69 Å². The van der Waals surface area contributed by atoms with E-state index in [0.717, 1.165) is 11.3 Å². The molecule has 0 aliphatic rings. The van der Waals surface area contributed by atoms with E-state index in [1.54, 1.807) is 30.3 Å². The second kappa shape index (κ2) is 6.10. The summed E-state index contributed by atoms with van der Waals surface area (Å²) in [7, 11) is 0. The number of halogens is 1. The predicted molar refractivity (Wildman–Crippen MR) is 79.4 cm³/mol. The Balaban J connectivity index is 2.21. The van der Waals surface area contributed by atoms with Crippen LogP contribution in [-0.2, 0) is 0 Å². The molecule has 1 N–H and O–H groups in total. The molecule has 1 atom stereocenters. The van der Waals surface area contributed by atoms with Gasteiger partial charge in [-0.2, -0.15) is 10.5 Å². The Kier molecular flexibility index (Phi) is 4.25. The van der Waals surface area contributed by atoms with E-state index in [4.69, 9.17) is 22.1 Å². The molecule has 0 amide bonds. The molecule has 0 saturated carbocycles. The molecule has 0 fully saturated rings. The molecule has 2 aromatic carbocycles. The molecule has 0 bridgehead atoms. The third kappa shape index (κ3) is 3.09. The minimum Gasteiger partial charge on any atom is -0.377 e. The van der Waals surface area contributed by atoms with Crippen LogP contribution in [0.5, 0.6) is 0 Å². The summed E-state index contributed by atoms with van der Waals surface area (Å²) in [6.45, 7) is 2.00. The Hall–Kier alpha value is -2.49. The summed E-state index contributed by atoms with van der Waals surface area (Å²) in [5, 5.41) is 21.7. The molecule has 1 unspecified atom stereocenters. The minimum absolute atomic E-state index is 0.0241. The summed E-state index contributed by atoms with van der Waals surface area (Å²) < 4.78 is 0. The van der Waals surface area contributed by atoms with Crippen molar-refractivity contribution in [1.29, 1.82) is 10.5 Å². The lowest BCUT2D eigenvalue weighted by Gasteiger charge is -2.17. The summed E-state index contributed by atoms with van der Waals surface area (Å²) in [5.41, 5.74) is 2.93. The van der Waals surface area contributed by atoms with Gasteiger partial charge in [-0.15, -0.1) is 0 Å². The van der Waals surface area contributed by atoms with Crippen molar-refractivity contribution in [3.8, 4) is 12.1 Å². The van der Waals surface area contributed by atoms with Crippen molar-refractivity contribution < 1.29 is 0 Å². The topological polar surface area (TPSA) is 59.6 Å². The van der Waals surface area contributed by atoms with Gasteiger partial charge in [-0.1, -0.05) is 23.7 Å². The molecule has 0 saturated heterocycles. The first-order chi connectivity index (χ1) is 9.63. The molecular formula is C16H12ClN3. The maximum atomic E-state index is 9.11. The average molecular weight is 282 g/mol. The number of nitrogens with one attached hydrogen (secondary N) is 1. The zero-order chi connectivity index (χ0) is 14.5. The third-order valence-electron chi connectivity index (χ3n) is 3.01. The lowest BCUT2D eigenvalue weighted by Crippen LogP contribution is -2.07. The normalized spacial score (nSPS) is 11.2. The zero-order valence-corrected chi connectivity index (χ0v) is 11.6. The van der Waals surface area contributed by atoms with Crippen molar-refractivity contribution in [3.05, 3.63) is 64.2 Å². The van der Waals surface area contributed by atoms with Crippen LogP contribution in [0.15, 0.2) is 42.5 Å². The summed E-state index contributed by atoms with van der Waals surface area (Å²) in [6, 6.07) is 16.8. The van der Waals surface area contributed by atoms with Crippen LogP contribution in [0.2, 0.25) is 5.02 Å². The number of benzene rings is 2. The van der Waals surface area contributed by atoms with Crippen LogP contribution < -0.4 is 5.32 Å². The van der Waals surface area contributed by atoms with E-state index < -0.39 is 0 Å². The van der Waals surface area contributed by atoms with Gasteiger partial charge in [0.1, 0.15) is 6.07 Å². The van der Waals surface area contributed by atoms with Crippen molar-refractivity contribution >= 4 is 17.3 Å². The van der Waals surface area contributed by atoms with E-state index in [-0.39, 0.29) is 6.04 Å². The van der Waals surface area contributed by atoms with Crippen LogP contribution in [0.3, 0.4) is 0 Å². The van der Waals surface area contributed by atoms with E-state index >= 15 is 0 Å². The molecule has 98 valence electrons. The Morgan fingerprint density at radius 2 is 1.75 bits per heavy atom. The molecule has 0 radical (unpaired) electrons. The number of nitriles is 2. The largest absolute Gasteiger partial charge is 0.377 e. The fraction of sp³-hybridized carbons (Fsp3) is 0.125. The summed E-state index contributed by atoms with van der Waals surface area (Å²) >= 11 is 5.87. The van der Waals surface area contributed by atoms with Gasteiger partial charge in [-0.3, -0.25) is 0 Å². The molecular weight excluding hydrogens is 270 g/mol. The molecule has 2 rings (SSSR count). The van der Waals surface area contributed by atoms with Crippen LogP contribution >= 0.6 is 11.6 Å².